The summed E-state index contributed by atoms with van der Waals surface area (Å²) in [5.41, 5.74) is 0.294. The Labute approximate surface area is 163 Å². The normalized spacial score (nSPS) is 12.3. The van der Waals surface area contributed by atoms with E-state index in [1.54, 1.807) is 10.7 Å². The summed E-state index contributed by atoms with van der Waals surface area (Å²) in [4.78, 5) is 36.2. The fraction of sp³-hybridized carbons (Fsp3) is 0.211. The molecule has 0 aliphatic carbocycles. The number of aryl methyl sites for hydroxylation is 2. The fourth-order valence-electron chi connectivity index (χ4n) is 3.24. The molecule has 4 aromatic rings. The third kappa shape index (κ3) is 3.28. The molecule has 1 atom stereocenters. The summed E-state index contributed by atoms with van der Waals surface area (Å²) < 4.78 is 16.5. The smallest absolute Gasteiger partial charge is 0.334 e. The zero-order valence-corrected chi connectivity index (χ0v) is 16.0. The second kappa shape index (κ2) is 6.97. The molecule has 3 aromatic heterocycles. The lowest BCUT2D eigenvalue weighted by Crippen LogP contribution is -2.34. The van der Waals surface area contributed by atoms with E-state index in [9.17, 15) is 14.0 Å². The van der Waals surface area contributed by atoms with Crippen LogP contribution in [0, 0.1) is 12.7 Å². The molecule has 2 N–H and O–H groups in total. The molecule has 1 unspecified atom stereocenters. The maximum Gasteiger partial charge on any atom is 0.334 e. The van der Waals surface area contributed by atoms with Gasteiger partial charge in [0.15, 0.2) is 5.65 Å². The van der Waals surface area contributed by atoms with E-state index >= 15 is 0 Å². The number of hydrogen-bond acceptors (Lipinski definition) is 6. The van der Waals surface area contributed by atoms with Gasteiger partial charge in [0, 0.05) is 25.0 Å². The van der Waals surface area contributed by atoms with Gasteiger partial charge in [-0.25, -0.2) is 18.7 Å². The van der Waals surface area contributed by atoms with Crippen molar-refractivity contribution in [2.24, 2.45) is 7.05 Å². The van der Waals surface area contributed by atoms with E-state index in [1.807, 2.05) is 27.1 Å². The van der Waals surface area contributed by atoms with Gasteiger partial charge in [-0.1, -0.05) is 12.1 Å². The van der Waals surface area contributed by atoms with Crippen LogP contribution in [0.3, 0.4) is 0 Å². The number of aromatic amines is 1. The fourth-order valence-corrected chi connectivity index (χ4v) is 3.24. The minimum Gasteiger partial charge on any atom is -0.348 e. The van der Waals surface area contributed by atoms with E-state index < -0.39 is 17.1 Å². The summed E-state index contributed by atoms with van der Waals surface area (Å²) in [6, 6.07) is 5.40. The Morgan fingerprint density at radius 2 is 2.00 bits per heavy atom. The van der Waals surface area contributed by atoms with Crippen molar-refractivity contribution in [2.45, 2.75) is 19.9 Å². The Hall–Kier alpha value is -3.82. The van der Waals surface area contributed by atoms with E-state index in [1.165, 1.54) is 24.4 Å². The largest absolute Gasteiger partial charge is 0.348 e. The average molecular weight is 395 g/mol. The molecule has 0 fully saturated rings. The molecule has 148 valence electrons. The summed E-state index contributed by atoms with van der Waals surface area (Å²) in [6.45, 7) is 3.83. The summed E-state index contributed by atoms with van der Waals surface area (Å²) in [5.74, 6) is -0.439. The molecule has 0 spiro atoms. The van der Waals surface area contributed by atoms with Crippen molar-refractivity contribution in [3.05, 3.63) is 74.6 Å². The molecule has 0 bridgehead atoms. The van der Waals surface area contributed by atoms with Gasteiger partial charge in [0.25, 0.3) is 5.56 Å². The summed E-state index contributed by atoms with van der Waals surface area (Å²) in [7, 11) is 1.83. The lowest BCUT2D eigenvalue weighted by Gasteiger charge is -2.13. The van der Waals surface area contributed by atoms with E-state index in [0.29, 0.717) is 0 Å². The van der Waals surface area contributed by atoms with Crippen molar-refractivity contribution < 1.29 is 4.39 Å². The number of anilines is 1. The molecule has 29 heavy (non-hydrogen) atoms. The summed E-state index contributed by atoms with van der Waals surface area (Å²) in [6.07, 6.45) is 3.20. The molecule has 10 heteroatoms. The van der Waals surface area contributed by atoms with Crippen LogP contribution in [0.15, 0.2) is 46.2 Å². The number of benzene rings is 1. The minimum atomic E-state index is -0.784. The molecule has 0 aliphatic rings. The average Bonchev–Trinajstić information content (AvgIpc) is 3.01. The highest BCUT2D eigenvalue weighted by atomic mass is 19.1. The first-order valence-corrected chi connectivity index (χ1v) is 8.89. The first-order chi connectivity index (χ1) is 13.8. The number of nitrogens with one attached hydrogen (secondary N) is 2. The van der Waals surface area contributed by atoms with Gasteiger partial charge < -0.3 is 5.32 Å². The van der Waals surface area contributed by atoms with Gasteiger partial charge in [0.05, 0.1) is 17.4 Å². The quantitative estimate of drug-likeness (QED) is 0.545. The number of para-hydroxylation sites is 1. The second-order valence-corrected chi connectivity index (χ2v) is 6.69. The zero-order valence-electron chi connectivity index (χ0n) is 16.0. The van der Waals surface area contributed by atoms with Crippen LogP contribution in [0.25, 0.3) is 16.7 Å². The van der Waals surface area contributed by atoms with Crippen LogP contribution in [0.4, 0.5) is 10.3 Å². The maximum absolute atomic E-state index is 14.1. The number of H-pyrrole nitrogens is 1. The van der Waals surface area contributed by atoms with Crippen molar-refractivity contribution in [1.82, 2.24) is 29.3 Å². The highest BCUT2D eigenvalue weighted by Crippen LogP contribution is 2.19. The third-order valence-corrected chi connectivity index (χ3v) is 4.61. The van der Waals surface area contributed by atoms with E-state index in [4.69, 9.17) is 0 Å². The molecule has 0 aliphatic heterocycles. The number of aromatic nitrogens is 6. The molecule has 0 saturated heterocycles. The van der Waals surface area contributed by atoms with E-state index in [2.05, 4.69) is 25.4 Å². The first-order valence-electron chi connectivity index (χ1n) is 8.89. The van der Waals surface area contributed by atoms with Crippen LogP contribution in [-0.4, -0.2) is 29.3 Å². The van der Waals surface area contributed by atoms with E-state index in [-0.39, 0.29) is 28.7 Å². The van der Waals surface area contributed by atoms with Crippen molar-refractivity contribution in [2.75, 3.05) is 5.32 Å². The van der Waals surface area contributed by atoms with Gasteiger partial charge in [0.1, 0.15) is 11.2 Å². The van der Waals surface area contributed by atoms with Crippen LogP contribution < -0.4 is 16.6 Å². The number of nitrogens with zero attached hydrogens (tertiary/aromatic N) is 5. The van der Waals surface area contributed by atoms with Crippen LogP contribution in [0.5, 0.6) is 0 Å². The molecular formula is C19H18FN7O2. The Balaban J connectivity index is 1.75. The zero-order chi connectivity index (χ0) is 20.7. The lowest BCUT2D eigenvalue weighted by atomic mass is 10.1. The molecular weight excluding hydrogens is 377 g/mol. The Morgan fingerprint density at radius 3 is 2.69 bits per heavy atom. The van der Waals surface area contributed by atoms with Crippen molar-refractivity contribution in [1.29, 1.82) is 0 Å². The number of rotatable bonds is 4. The van der Waals surface area contributed by atoms with Gasteiger partial charge >= 0.3 is 5.69 Å². The number of hydrogen-bond donors (Lipinski definition) is 2. The molecule has 9 nitrogen and oxygen atoms in total. The van der Waals surface area contributed by atoms with Gasteiger partial charge in [-0.2, -0.15) is 10.1 Å². The second-order valence-electron chi connectivity index (χ2n) is 6.69. The number of fused-ring (bicyclic) bond motifs is 1. The monoisotopic (exact) mass is 395 g/mol. The third-order valence-electron chi connectivity index (χ3n) is 4.61. The molecule has 3 heterocycles. The maximum atomic E-state index is 14.1. The molecule has 1 aromatic carbocycles. The van der Waals surface area contributed by atoms with Crippen LogP contribution in [0.1, 0.15) is 24.2 Å². The van der Waals surface area contributed by atoms with Gasteiger partial charge in [0.2, 0.25) is 5.95 Å². The highest BCUT2D eigenvalue weighted by Gasteiger charge is 2.16. The first kappa shape index (κ1) is 18.5. The van der Waals surface area contributed by atoms with Crippen molar-refractivity contribution in [3.63, 3.8) is 0 Å². The van der Waals surface area contributed by atoms with Crippen molar-refractivity contribution >= 4 is 17.0 Å². The Morgan fingerprint density at radius 1 is 1.24 bits per heavy atom. The summed E-state index contributed by atoms with van der Waals surface area (Å²) >= 11 is 0. The highest BCUT2D eigenvalue weighted by molar-refractivity contribution is 5.73. The lowest BCUT2D eigenvalue weighted by molar-refractivity contribution is 0.613. The summed E-state index contributed by atoms with van der Waals surface area (Å²) in [5, 5.41) is 7.51. The van der Waals surface area contributed by atoms with Gasteiger partial charge in [-0.15, -0.1) is 0 Å². The predicted octanol–water partition coefficient (Wildman–Crippen LogP) is 1.82. The minimum absolute atomic E-state index is 0.0696. The Kier molecular flexibility index (Phi) is 4.45. The predicted molar refractivity (Wildman–Crippen MR) is 106 cm³/mol. The molecule has 0 saturated carbocycles. The molecule has 4 rings (SSSR count). The van der Waals surface area contributed by atoms with E-state index in [0.717, 1.165) is 15.8 Å². The molecule has 0 amide bonds. The van der Waals surface area contributed by atoms with Gasteiger partial charge in [-0.3, -0.25) is 14.5 Å². The molecule has 0 radical (unpaired) electrons. The topological polar surface area (TPSA) is 110 Å². The van der Waals surface area contributed by atoms with Crippen LogP contribution in [-0.2, 0) is 7.05 Å². The van der Waals surface area contributed by atoms with Crippen LogP contribution >= 0.6 is 0 Å². The van der Waals surface area contributed by atoms with Gasteiger partial charge in [-0.05, 0) is 26.0 Å². The van der Waals surface area contributed by atoms with Crippen molar-refractivity contribution in [3.8, 4) is 5.69 Å². The van der Waals surface area contributed by atoms with Crippen LogP contribution in [0.2, 0.25) is 0 Å². The Bertz CT molecular complexity index is 1340. The number of halogens is 1. The SMILES string of the molecule is Cc1nn(C)cc1C(C)Nc1ncc2c(=O)n(-c3ccccc3F)c(=O)[nH]c2n1. The standard InChI is InChI=1S/C19H18FN7O2/c1-10(13-9-26(3)25-11(13)2)22-18-21-8-12-16(23-18)24-19(29)27(17(12)28)15-7-5-4-6-14(15)20/h4-10H,1-3H3,(H2,21,22,23,24,29).